The molecule has 1 aliphatic heterocycles. The molecule has 0 radical (unpaired) electrons. The quantitative estimate of drug-likeness (QED) is 0.749. The van der Waals surface area contributed by atoms with Crippen molar-refractivity contribution in [1.29, 1.82) is 0 Å². The zero-order valence-corrected chi connectivity index (χ0v) is 12.2. The summed E-state index contributed by atoms with van der Waals surface area (Å²) in [7, 11) is 0. The van der Waals surface area contributed by atoms with Crippen molar-refractivity contribution in [3.63, 3.8) is 0 Å². The maximum Gasteiger partial charge on any atom is 0.126 e. The van der Waals surface area contributed by atoms with Crippen LogP contribution in [-0.2, 0) is 0 Å². The van der Waals surface area contributed by atoms with E-state index < -0.39 is 0 Å². The molecule has 2 nitrogen and oxygen atoms in total. The van der Waals surface area contributed by atoms with Crippen molar-refractivity contribution in [2.75, 3.05) is 0 Å². The Hall–Kier alpha value is -2.26. The van der Waals surface area contributed by atoms with Gasteiger partial charge < -0.3 is 0 Å². The van der Waals surface area contributed by atoms with Crippen LogP contribution in [0.1, 0.15) is 16.5 Å². The molecule has 1 atom stereocenters. The van der Waals surface area contributed by atoms with Crippen molar-refractivity contribution in [3.05, 3.63) is 83.9 Å². The Morgan fingerprint density at radius 1 is 0.810 bits per heavy atom. The largest absolute Gasteiger partial charge is 0.291 e. The van der Waals surface area contributed by atoms with Gasteiger partial charge in [0.25, 0.3) is 0 Å². The summed E-state index contributed by atoms with van der Waals surface area (Å²) < 4.78 is 0. The molecule has 0 fully saturated rings. The Bertz CT molecular complexity index is 812. The molecule has 3 aromatic carbocycles. The van der Waals surface area contributed by atoms with E-state index in [1.807, 2.05) is 18.2 Å². The van der Waals surface area contributed by atoms with Crippen molar-refractivity contribution in [3.8, 4) is 0 Å². The van der Waals surface area contributed by atoms with E-state index in [1.165, 1.54) is 21.9 Å². The van der Waals surface area contributed by atoms with Gasteiger partial charge in [0, 0.05) is 5.56 Å². The molecule has 3 aromatic rings. The molecule has 102 valence electrons. The number of fused-ring (bicyclic) bond motifs is 1. The van der Waals surface area contributed by atoms with Gasteiger partial charge in [0.2, 0.25) is 0 Å². The van der Waals surface area contributed by atoms with Gasteiger partial charge in [0.15, 0.2) is 0 Å². The van der Waals surface area contributed by atoms with Crippen LogP contribution in [0, 0.1) is 0 Å². The predicted octanol–water partition coefficient (Wildman–Crippen LogP) is 4.54. The first-order valence-corrected chi connectivity index (χ1v) is 7.82. The van der Waals surface area contributed by atoms with Gasteiger partial charge >= 0.3 is 0 Å². The molecule has 0 unspecified atom stereocenters. The lowest BCUT2D eigenvalue weighted by Crippen LogP contribution is -2.06. The zero-order chi connectivity index (χ0) is 14.1. The van der Waals surface area contributed by atoms with Crippen LogP contribution in [0.4, 0.5) is 0 Å². The second-order valence-electron chi connectivity index (χ2n) is 5.02. The molecule has 21 heavy (non-hydrogen) atoms. The average Bonchev–Trinajstić information content (AvgIpc) is 3.05. The van der Waals surface area contributed by atoms with E-state index in [1.54, 1.807) is 11.8 Å². The van der Waals surface area contributed by atoms with Gasteiger partial charge in [0.1, 0.15) is 10.4 Å². The fraction of sp³-hybridized carbons (Fsp3) is 0.0556. The lowest BCUT2D eigenvalue weighted by Gasteiger charge is -2.10. The van der Waals surface area contributed by atoms with Crippen molar-refractivity contribution in [2.24, 2.45) is 5.10 Å². The van der Waals surface area contributed by atoms with E-state index in [0.717, 1.165) is 5.04 Å². The van der Waals surface area contributed by atoms with Crippen molar-refractivity contribution in [2.45, 2.75) is 5.37 Å². The summed E-state index contributed by atoms with van der Waals surface area (Å²) in [5.41, 5.74) is 5.66. The lowest BCUT2D eigenvalue weighted by molar-refractivity contribution is 0.744. The fourth-order valence-corrected chi connectivity index (χ4v) is 3.50. The first-order chi connectivity index (χ1) is 10.4. The summed E-state index contributed by atoms with van der Waals surface area (Å²) in [5, 5.41) is 8.25. The van der Waals surface area contributed by atoms with Crippen molar-refractivity contribution in [1.82, 2.24) is 5.43 Å². The Kier molecular flexibility index (Phi) is 3.13. The number of hydrazone groups is 1. The van der Waals surface area contributed by atoms with Crippen LogP contribution in [0.5, 0.6) is 0 Å². The molecule has 0 spiro atoms. The third-order valence-corrected chi connectivity index (χ3v) is 4.77. The van der Waals surface area contributed by atoms with Crippen LogP contribution < -0.4 is 5.43 Å². The molecule has 0 saturated carbocycles. The zero-order valence-electron chi connectivity index (χ0n) is 11.4. The van der Waals surface area contributed by atoms with Crippen molar-refractivity contribution < 1.29 is 0 Å². The Balaban J connectivity index is 1.61. The highest BCUT2D eigenvalue weighted by atomic mass is 32.2. The molecular formula is C18H14N2S. The molecule has 0 saturated heterocycles. The number of benzene rings is 3. The predicted molar refractivity (Wildman–Crippen MR) is 90.4 cm³/mol. The molecule has 3 heteroatoms. The van der Waals surface area contributed by atoms with Crippen molar-refractivity contribution >= 4 is 27.6 Å². The van der Waals surface area contributed by atoms with E-state index in [4.69, 9.17) is 0 Å². The molecule has 0 aliphatic carbocycles. The molecule has 0 amide bonds. The molecular weight excluding hydrogens is 276 g/mol. The van der Waals surface area contributed by atoms with Gasteiger partial charge in [-0.3, -0.25) is 5.43 Å². The standard InChI is InChI=1S/C18H14N2S/c1-2-7-14(8-3-1)17-19-20-18(21-17)16-11-10-13-6-4-5-9-15(13)12-16/h1-12,18,20H/t18-/m0/s1. The fourth-order valence-electron chi connectivity index (χ4n) is 2.51. The second-order valence-corrected chi connectivity index (χ2v) is 6.11. The van der Waals surface area contributed by atoms with E-state index in [9.17, 15) is 0 Å². The van der Waals surface area contributed by atoms with Crippen LogP contribution in [0.3, 0.4) is 0 Å². The number of nitrogens with one attached hydrogen (secondary N) is 1. The topological polar surface area (TPSA) is 24.4 Å². The van der Waals surface area contributed by atoms with Gasteiger partial charge in [-0.15, -0.1) is 0 Å². The molecule has 1 aliphatic rings. The summed E-state index contributed by atoms with van der Waals surface area (Å²) in [6.07, 6.45) is 0. The van der Waals surface area contributed by atoms with E-state index in [2.05, 4.69) is 65.1 Å². The average molecular weight is 290 g/mol. The Labute approximate surface area is 127 Å². The normalized spacial score (nSPS) is 17.5. The Morgan fingerprint density at radius 2 is 1.57 bits per heavy atom. The minimum Gasteiger partial charge on any atom is -0.291 e. The Morgan fingerprint density at radius 3 is 2.43 bits per heavy atom. The number of hydrogen-bond acceptors (Lipinski definition) is 3. The summed E-state index contributed by atoms with van der Waals surface area (Å²) in [5.74, 6) is 0. The van der Waals surface area contributed by atoms with Gasteiger partial charge in [-0.1, -0.05) is 78.5 Å². The third-order valence-electron chi connectivity index (χ3n) is 3.61. The molecule has 1 N–H and O–H groups in total. The van der Waals surface area contributed by atoms with E-state index in [-0.39, 0.29) is 5.37 Å². The number of thioether (sulfide) groups is 1. The number of nitrogens with zero attached hydrogens (tertiary/aromatic N) is 1. The minimum absolute atomic E-state index is 0.185. The van der Waals surface area contributed by atoms with Crippen LogP contribution in [0.2, 0.25) is 0 Å². The molecule has 0 bridgehead atoms. The third kappa shape index (κ3) is 2.41. The van der Waals surface area contributed by atoms with Gasteiger partial charge in [-0.05, 0) is 22.4 Å². The molecule has 0 aromatic heterocycles. The van der Waals surface area contributed by atoms with Crippen LogP contribution in [0.25, 0.3) is 10.8 Å². The number of rotatable bonds is 2. The smallest absolute Gasteiger partial charge is 0.126 e. The second kappa shape index (κ2) is 5.26. The van der Waals surface area contributed by atoms with Crippen LogP contribution in [0.15, 0.2) is 77.9 Å². The minimum atomic E-state index is 0.185. The summed E-state index contributed by atoms with van der Waals surface area (Å²) in [4.78, 5) is 0. The monoisotopic (exact) mass is 290 g/mol. The van der Waals surface area contributed by atoms with Crippen LogP contribution >= 0.6 is 11.8 Å². The maximum atomic E-state index is 4.47. The first-order valence-electron chi connectivity index (χ1n) is 6.94. The van der Waals surface area contributed by atoms with Gasteiger partial charge in [-0.25, -0.2) is 0 Å². The first kappa shape index (κ1) is 12.5. The SMILES string of the molecule is c1ccc(C2=NN[C@H](c3ccc4ccccc4c3)S2)cc1. The number of hydrogen-bond donors (Lipinski definition) is 1. The van der Waals surface area contributed by atoms with E-state index in [0.29, 0.717) is 0 Å². The molecule has 1 heterocycles. The van der Waals surface area contributed by atoms with Crippen LogP contribution in [-0.4, -0.2) is 5.04 Å². The summed E-state index contributed by atoms with van der Waals surface area (Å²) in [6.45, 7) is 0. The maximum absolute atomic E-state index is 4.47. The molecule has 4 rings (SSSR count). The van der Waals surface area contributed by atoms with Gasteiger partial charge in [-0.2, -0.15) is 5.10 Å². The van der Waals surface area contributed by atoms with Gasteiger partial charge in [0.05, 0.1) is 0 Å². The summed E-state index contributed by atoms with van der Waals surface area (Å²) in [6, 6.07) is 25.3. The lowest BCUT2D eigenvalue weighted by atomic mass is 10.1. The highest BCUT2D eigenvalue weighted by Crippen LogP contribution is 2.35. The highest BCUT2D eigenvalue weighted by molar-refractivity contribution is 8.14. The highest BCUT2D eigenvalue weighted by Gasteiger charge is 2.21. The summed E-state index contributed by atoms with van der Waals surface area (Å²) >= 11 is 1.76. The van der Waals surface area contributed by atoms with E-state index >= 15 is 0 Å².